The maximum atomic E-state index is 11.6. The van der Waals surface area contributed by atoms with Crippen LogP contribution in [-0.2, 0) is 19.1 Å². The fourth-order valence-corrected chi connectivity index (χ4v) is 1.07. The van der Waals surface area contributed by atoms with E-state index in [1.165, 1.54) is 0 Å². The number of hydrogen-bond donors (Lipinski definition) is 0. The summed E-state index contributed by atoms with van der Waals surface area (Å²) in [6.07, 6.45) is -1.04. The molecular formula is C11H19N3O4. The first kappa shape index (κ1) is 16.4. The van der Waals surface area contributed by atoms with Gasteiger partial charge < -0.3 is 9.47 Å². The molecule has 0 rings (SSSR count). The summed E-state index contributed by atoms with van der Waals surface area (Å²) in [5, 5.41) is 3.27. The van der Waals surface area contributed by atoms with Crippen LogP contribution in [0.15, 0.2) is 5.11 Å². The zero-order valence-corrected chi connectivity index (χ0v) is 11.2. The smallest absolute Gasteiger partial charge is 0.313 e. The lowest BCUT2D eigenvalue weighted by atomic mass is 10.1. The normalized spacial score (nSPS) is 12.4. The Balaban J connectivity index is 4.00. The Morgan fingerprint density at radius 3 is 2.50 bits per heavy atom. The van der Waals surface area contributed by atoms with Crippen LogP contribution in [0.1, 0.15) is 34.1 Å². The molecule has 102 valence electrons. The van der Waals surface area contributed by atoms with Gasteiger partial charge in [-0.05, 0) is 33.2 Å². The number of carbonyl (C=O) groups excluding carboxylic acids is 2. The monoisotopic (exact) mass is 257 g/mol. The van der Waals surface area contributed by atoms with Gasteiger partial charge in [-0.2, -0.15) is 0 Å². The summed E-state index contributed by atoms with van der Waals surface area (Å²) in [6, 6.07) is 0. The molecule has 0 aliphatic heterocycles. The van der Waals surface area contributed by atoms with Crippen molar-refractivity contribution in [2.75, 3.05) is 13.2 Å². The first-order valence-corrected chi connectivity index (χ1v) is 5.63. The lowest BCUT2D eigenvalue weighted by molar-refractivity contribution is -0.157. The fourth-order valence-electron chi connectivity index (χ4n) is 1.07. The molecule has 0 aliphatic carbocycles. The second kappa shape index (κ2) is 7.68. The number of ketones is 1. The topological polar surface area (TPSA) is 101 Å². The van der Waals surface area contributed by atoms with Crippen molar-refractivity contribution in [3.05, 3.63) is 10.4 Å². The molecule has 1 unspecified atom stereocenters. The summed E-state index contributed by atoms with van der Waals surface area (Å²) in [7, 11) is 0. The second-order valence-corrected chi connectivity index (χ2v) is 4.70. The minimum Gasteiger partial charge on any atom is -0.460 e. The summed E-state index contributed by atoms with van der Waals surface area (Å²) in [4.78, 5) is 25.5. The van der Waals surface area contributed by atoms with Crippen LogP contribution >= 0.6 is 0 Å². The van der Waals surface area contributed by atoms with Crippen molar-refractivity contribution in [3.8, 4) is 0 Å². The molecular weight excluding hydrogens is 238 g/mol. The molecule has 0 spiro atoms. The Kier molecular flexibility index (Phi) is 7.00. The standard InChI is InChI=1S/C11H19N3O4/c1-8(17-6-5-13-14-12)9(15)7-10(16)18-11(2,3)4/h8H,5-7H2,1-4H3. The van der Waals surface area contributed by atoms with Crippen LogP contribution in [-0.4, -0.2) is 36.6 Å². The fraction of sp³-hybridized carbons (Fsp3) is 0.818. The minimum atomic E-state index is -0.716. The second-order valence-electron chi connectivity index (χ2n) is 4.70. The van der Waals surface area contributed by atoms with Crippen LogP contribution in [0.2, 0.25) is 0 Å². The molecule has 0 fully saturated rings. The van der Waals surface area contributed by atoms with Crippen molar-refractivity contribution in [2.45, 2.75) is 45.8 Å². The highest BCUT2D eigenvalue weighted by Gasteiger charge is 2.22. The van der Waals surface area contributed by atoms with Crippen molar-refractivity contribution in [2.24, 2.45) is 5.11 Å². The Labute approximate surface area is 106 Å². The molecule has 0 N–H and O–H groups in total. The molecule has 0 heterocycles. The third-order valence-electron chi connectivity index (χ3n) is 1.81. The maximum absolute atomic E-state index is 11.6. The number of esters is 1. The largest absolute Gasteiger partial charge is 0.460 e. The lowest BCUT2D eigenvalue weighted by Gasteiger charge is -2.19. The third-order valence-corrected chi connectivity index (χ3v) is 1.81. The van der Waals surface area contributed by atoms with Crippen molar-refractivity contribution in [1.29, 1.82) is 0 Å². The Morgan fingerprint density at radius 1 is 1.39 bits per heavy atom. The van der Waals surface area contributed by atoms with Crippen molar-refractivity contribution in [1.82, 2.24) is 0 Å². The van der Waals surface area contributed by atoms with E-state index in [9.17, 15) is 9.59 Å². The summed E-state index contributed by atoms with van der Waals surface area (Å²) >= 11 is 0. The van der Waals surface area contributed by atoms with E-state index in [0.717, 1.165) is 0 Å². The lowest BCUT2D eigenvalue weighted by Crippen LogP contribution is -2.29. The molecule has 18 heavy (non-hydrogen) atoms. The highest BCUT2D eigenvalue weighted by Crippen LogP contribution is 2.09. The van der Waals surface area contributed by atoms with Gasteiger partial charge in [0.25, 0.3) is 0 Å². The zero-order chi connectivity index (χ0) is 14.2. The number of nitrogens with zero attached hydrogens (tertiary/aromatic N) is 3. The maximum Gasteiger partial charge on any atom is 0.313 e. The Hall–Kier alpha value is -1.59. The zero-order valence-electron chi connectivity index (χ0n) is 11.2. The summed E-state index contributed by atoms with van der Waals surface area (Å²) in [5.41, 5.74) is 7.43. The third kappa shape index (κ3) is 8.55. The van der Waals surface area contributed by atoms with Gasteiger partial charge in [0, 0.05) is 11.5 Å². The van der Waals surface area contributed by atoms with Gasteiger partial charge in [-0.25, -0.2) is 0 Å². The van der Waals surface area contributed by atoms with Gasteiger partial charge in [-0.3, -0.25) is 9.59 Å². The average Bonchev–Trinajstić information content (AvgIpc) is 2.21. The molecule has 0 aromatic carbocycles. The van der Waals surface area contributed by atoms with Gasteiger partial charge in [0.2, 0.25) is 0 Å². The number of ether oxygens (including phenoxy) is 2. The van der Waals surface area contributed by atoms with Crippen molar-refractivity contribution >= 4 is 11.8 Å². The number of hydrogen-bond acceptors (Lipinski definition) is 5. The molecule has 7 nitrogen and oxygen atoms in total. The van der Waals surface area contributed by atoms with E-state index in [0.29, 0.717) is 0 Å². The van der Waals surface area contributed by atoms with E-state index in [1.807, 2.05) is 0 Å². The van der Waals surface area contributed by atoms with Crippen LogP contribution in [0.25, 0.3) is 10.4 Å². The van der Waals surface area contributed by atoms with Gasteiger partial charge in [-0.1, -0.05) is 5.11 Å². The molecule has 0 saturated carbocycles. The van der Waals surface area contributed by atoms with Crippen molar-refractivity contribution in [3.63, 3.8) is 0 Å². The van der Waals surface area contributed by atoms with Gasteiger partial charge in [0.15, 0.2) is 5.78 Å². The summed E-state index contributed by atoms with van der Waals surface area (Å²) in [5.74, 6) is -0.928. The molecule has 0 amide bonds. The molecule has 0 bridgehead atoms. The van der Waals surface area contributed by atoms with Crippen molar-refractivity contribution < 1.29 is 19.1 Å². The number of Topliss-reactive ketones (excluding diaryl/α,β-unsaturated/α-hetero) is 1. The van der Waals surface area contributed by atoms with E-state index in [-0.39, 0.29) is 25.4 Å². The van der Waals surface area contributed by atoms with Gasteiger partial charge in [0.05, 0.1) is 6.61 Å². The molecule has 0 aromatic heterocycles. The summed E-state index contributed by atoms with van der Waals surface area (Å²) < 4.78 is 10.1. The van der Waals surface area contributed by atoms with Gasteiger partial charge in [-0.15, -0.1) is 0 Å². The van der Waals surface area contributed by atoms with E-state index in [2.05, 4.69) is 10.0 Å². The highest BCUT2D eigenvalue weighted by atomic mass is 16.6. The van der Waals surface area contributed by atoms with Gasteiger partial charge >= 0.3 is 5.97 Å². The first-order valence-electron chi connectivity index (χ1n) is 5.63. The number of carbonyl (C=O) groups is 2. The van der Waals surface area contributed by atoms with Crippen LogP contribution in [0.3, 0.4) is 0 Å². The average molecular weight is 257 g/mol. The van der Waals surface area contributed by atoms with Crippen LogP contribution in [0.5, 0.6) is 0 Å². The Bertz CT molecular complexity index is 343. The molecule has 7 heteroatoms. The predicted octanol–water partition coefficient (Wildman–Crippen LogP) is 2.00. The SMILES string of the molecule is CC(OCCN=[N+]=[N-])C(=O)CC(=O)OC(C)(C)C. The van der Waals surface area contributed by atoms with E-state index in [1.54, 1.807) is 27.7 Å². The first-order chi connectivity index (χ1) is 8.26. The van der Waals surface area contributed by atoms with E-state index < -0.39 is 17.7 Å². The van der Waals surface area contributed by atoms with Crippen LogP contribution in [0, 0.1) is 0 Å². The quantitative estimate of drug-likeness (QED) is 0.174. The molecule has 0 aliphatic rings. The van der Waals surface area contributed by atoms with E-state index >= 15 is 0 Å². The molecule has 0 radical (unpaired) electrons. The molecule has 0 saturated heterocycles. The van der Waals surface area contributed by atoms with Crippen LogP contribution in [0.4, 0.5) is 0 Å². The van der Waals surface area contributed by atoms with Crippen LogP contribution < -0.4 is 0 Å². The van der Waals surface area contributed by atoms with E-state index in [4.69, 9.17) is 15.0 Å². The minimum absolute atomic E-state index is 0.144. The molecule has 1 atom stereocenters. The van der Waals surface area contributed by atoms with Gasteiger partial charge in [0.1, 0.15) is 18.1 Å². The Morgan fingerprint density at radius 2 is 2.00 bits per heavy atom. The number of rotatable bonds is 7. The number of azide groups is 1. The highest BCUT2D eigenvalue weighted by molar-refractivity contribution is 5.97. The summed E-state index contributed by atoms with van der Waals surface area (Å²) in [6.45, 7) is 7.04. The molecule has 0 aromatic rings. The predicted molar refractivity (Wildman–Crippen MR) is 64.9 cm³/mol.